The van der Waals surface area contributed by atoms with Crippen LogP contribution >= 0.6 is 0 Å². The van der Waals surface area contributed by atoms with Gasteiger partial charge in [-0.25, -0.2) is 0 Å². The lowest BCUT2D eigenvalue weighted by molar-refractivity contribution is -0.132. The number of rotatable bonds is 8. The molecule has 2 heterocycles. The first-order valence-corrected chi connectivity index (χ1v) is 10.7. The van der Waals surface area contributed by atoms with Crippen LogP contribution in [0.25, 0.3) is 0 Å². The number of ether oxygens (including phenoxy) is 1. The summed E-state index contributed by atoms with van der Waals surface area (Å²) in [6, 6.07) is 6.36. The van der Waals surface area contributed by atoms with E-state index in [0.29, 0.717) is 25.5 Å². The lowest BCUT2D eigenvalue weighted by Crippen LogP contribution is -2.45. The van der Waals surface area contributed by atoms with Gasteiger partial charge in [-0.05, 0) is 74.8 Å². The molecule has 0 aromatic heterocycles. The van der Waals surface area contributed by atoms with Crippen LogP contribution in [0.4, 0.5) is 5.69 Å². The van der Waals surface area contributed by atoms with E-state index in [9.17, 15) is 9.59 Å². The van der Waals surface area contributed by atoms with E-state index in [1.807, 2.05) is 23.1 Å². The second kappa shape index (κ2) is 8.95. The van der Waals surface area contributed by atoms with Crippen LogP contribution in [0, 0.1) is 5.92 Å². The van der Waals surface area contributed by atoms with E-state index in [1.54, 1.807) is 0 Å². The standard InChI is InChI=1S/C22H31N3O3/c26-21-8-5-17-14-19(6-7-20(17)24-21)28-13-1-2-22(27)25-11-9-18(10-12-25)23-15-16-3-4-16/h6-7,14,16,18,23H,1-5,8-13,15H2,(H,24,26). The molecule has 2 N–H and O–H groups in total. The molecule has 6 heteroatoms. The number of likely N-dealkylation sites (tertiary alicyclic amines) is 1. The third-order valence-electron chi connectivity index (χ3n) is 6.02. The van der Waals surface area contributed by atoms with Crippen molar-refractivity contribution in [3.8, 4) is 5.75 Å². The lowest BCUT2D eigenvalue weighted by Gasteiger charge is -2.32. The molecule has 28 heavy (non-hydrogen) atoms. The topological polar surface area (TPSA) is 70.7 Å². The molecule has 2 aliphatic heterocycles. The molecular formula is C22H31N3O3. The molecule has 0 bridgehead atoms. The number of fused-ring (bicyclic) bond motifs is 1. The number of carbonyl (C=O) groups is 2. The van der Waals surface area contributed by atoms with Crippen molar-refractivity contribution in [2.75, 3.05) is 31.6 Å². The van der Waals surface area contributed by atoms with Gasteiger partial charge in [0.2, 0.25) is 11.8 Å². The highest BCUT2D eigenvalue weighted by atomic mass is 16.5. The van der Waals surface area contributed by atoms with Crippen molar-refractivity contribution in [1.82, 2.24) is 10.2 Å². The van der Waals surface area contributed by atoms with E-state index in [2.05, 4.69) is 10.6 Å². The Morgan fingerprint density at radius 1 is 1.18 bits per heavy atom. The Bertz CT molecular complexity index is 709. The third kappa shape index (κ3) is 5.25. The number of nitrogens with one attached hydrogen (secondary N) is 2. The summed E-state index contributed by atoms with van der Waals surface area (Å²) >= 11 is 0. The van der Waals surface area contributed by atoms with E-state index >= 15 is 0 Å². The molecule has 0 radical (unpaired) electrons. The maximum Gasteiger partial charge on any atom is 0.224 e. The van der Waals surface area contributed by atoms with Gasteiger partial charge in [-0.3, -0.25) is 9.59 Å². The first-order valence-electron chi connectivity index (χ1n) is 10.7. The van der Waals surface area contributed by atoms with Crippen molar-refractivity contribution in [2.24, 2.45) is 5.92 Å². The van der Waals surface area contributed by atoms with Crippen LogP contribution in [0.5, 0.6) is 5.75 Å². The van der Waals surface area contributed by atoms with Crippen LogP contribution in [0.1, 0.15) is 50.5 Å². The molecule has 3 aliphatic rings. The zero-order chi connectivity index (χ0) is 19.3. The second-order valence-electron chi connectivity index (χ2n) is 8.33. The predicted molar refractivity (Wildman–Crippen MR) is 108 cm³/mol. The van der Waals surface area contributed by atoms with Crippen molar-refractivity contribution in [3.05, 3.63) is 23.8 Å². The SMILES string of the molecule is O=C1CCc2cc(OCCCC(=O)N3CCC(NCC4CC4)CC3)ccc2N1. The van der Waals surface area contributed by atoms with Gasteiger partial charge in [-0.1, -0.05) is 0 Å². The Morgan fingerprint density at radius 2 is 2.00 bits per heavy atom. The molecule has 2 amide bonds. The first-order chi connectivity index (χ1) is 13.7. The summed E-state index contributed by atoms with van der Waals surface area (Å²) in [4.78, 5) is 25.8. The van der Waals surface area contributed by atoms with E-state index in [4.69, 9.17) is 4.74 Å². The highest BCUT2D eigenvalue weighted by Gasteiger charge is 2.25. The zero-order valence-corrected chi connectivity index (χ0v) is 16.5. The number of benzene rings is 1. The summed E-state index contributed by atoms with van der Waals surface area (Å²) in [5, 5.41) is 6.53. The summed E-state index contributed by atoms with van der Waals surface area (Å²) in [6.07, 6.45) is 7.46. The molecule has 0 spiro atoms. The van der Waals surface area contributed by atoms with Gasteiger partial charge in [0.05, 0.1) is 6.61 Å². The molecule has 1 aromatic carbocycles. The Labute approximate surface area is 167 Å². The van der Waals surface area contributed by atoms with Gasteiger partial charge < -0.3 is 20.3 Å². The lowest BCUT2D eigenvalue weighted by atomic mass is 10.0. The largest absolute Gasteiger partial charge is 0.494 e. The Hall–Kier alpha value is -2.08. The number of carbonyl (C=O) groups excluding carboxylic acids is 2. The van der Waals surface area contributed by atoms with Crippen LogP contribution in [-0.4, -0.2) is 49.0 Å². The molecule has 0 unspecified atom stereocenters. The smallest absolute Gasteiger partial charge is 0.224 e. The van der Waals surface area contributed by atoms with Gasteiger partial charge in [0, 0.05) is 37.7 Å². The van der Waals surface area contributed by atoms with Crippen molar-refractivity contribution in [3.63, 3.8) is 0 Å². The van der Waals surface area contributed by atoms with E-state index < -0.39 is 0 Å². The summed E-state index contributed by atoms with van der Waals surface area (Å²) in [7, 11) is 0. The van der Waals surface area contributed by atoms with E-state index in [1.165, 1.54) is 12.8 Å². The number of aryl methyl sites for hydroxylation is 1. The predicted octanol–water partition coefficient (Wildman–Crippen LogP) is 2.72. The Kier molecular flexibility index (Phi) is 6.15. The molecule has 1 saturated carbocycles. The summed E-state index contributed by atoms with van der Waals surface area (Å²) in [5.74, 6) is 2.04. The van der Waals surface area contributed by atoms with Crippen LogP contribution in [0.15, 0.2) is 18.2 Å². The van der Waals surface area contributed by atoms with Crippen molar-refractivity contribution in [1.29, 1.82) is 0 Å². The third-order valence-corrected chi connectivity index (χ3v) is 6.02. The van der Waals surface area contributed by atoms with Crippen molar-refractivity contribution >= 4 is 17.5 Å². The molecule has 152 valence electrons. The molecular weight excluding hydrogens is 354 g/mol. The minimum absolute atomic E-state index is 0.0717. The van der Waals surface area contributed by atoms with Gasteiger partial charge >= 0.3 is 0 Å². The van der Waals surface area contributed by atoms with Gasteiger partial charge in [-0.2, -0.15) is 0 Å². The number of nitrogens with zero attached hydrogens (tertiary/aromatic N) is 1. The summed E-state index contributed by atoms with van der Waals surface area (Å²) in [5.41, 5.74) is 2.00. The Morgan fingerprint density at radius 3 is 2.79 bits per heavy atom. The fourth-order valence-electron chi connectivity index (χ4n) is 4.01. The quantitative estimate of drug-likeness (QED) is 0.675. The number of anilines is 1. The summed E-state index contributed by atoms with van der Waals surface area (Å²) < 4.78 is 5.82. The fourth-order valence-corrected chi connectivity index (χ4v) is 4.01. The fraction of sp³-hybridized carbons (Fsp3) is 0.636. The van der Waals surface area contributed by atoms with Gasteiger partial charge in [0.15, 0.2) is 0 Å². The van der Waals surface area contributed by atoms with Gasteiger partial charge in [-0.15, -0.1) is 0 Å². The summed E-state index contributed by atoms with van der Waals surface area (Å²) in [6.45, 7) is 3.44. The van der Waals surface area contributed by atoms with Crippen LogP contribution < -0.4 is 15.4 Å². The van der Waals surface area contributed by atoms with Gasteiger partial charge in [0.1, 0.15) is 5.75 Å². The molecule has 0 atom stereocenters. The minimum Gasteiger partial charge on any atom is -0.494 e. The molecule has 1 aromatic rings. The Balaban J connectivity index is 1.13. The average molecular weight is 386 g/mol. The molecule has 2 fully saturated rings. The van der Waals surface area contributed by atoms with Gasteiger partial charge in [0.25, 0.3) is 0 Å². The number of amides is 2. The van der Waals surface area contributed by atoms with Crippen LogP contribution in [-0.2, 0) is 16.0 Å². The molecule has 1 saturated heterocycles. The number of hydrogen-bond acceptors (Lipinski definition) is 4. The molecule has 1 aliphatic carbocycles. The molecule has 4 rings (SSSR count). The van der Waals surface area contributed by atoms with E-state index in [0.717, 1.165) is 68.2 Å². The highest BCUT2D eigenvalue weighted by molar-refractivity contribution is 5.94. The van der Waals surface area contributed by atoms with Crippen molar-refractivity contribution < 1.29 is 14.3 Å². The minimum atomic E-state index is 0.0717. The van der Waals surface area contributed by atoms with E-state index in [-0.39, 0.29) is 11.8 Å². The monoisotopic (exact) mass is 385 g/mol. The van der Waals surface area contributed by atoms with Crippen LogP contribution in [0.3, 0.4) is 0 Å². The number of piperidine rings is 1. The average Bonchev–Trinajstić information content (AvgIpc) is 3.54. The maximum atomic E-state index is 12.4. The normalized spacial score (nSPS) is 19.9. The maximum absolute atomic E-state index is 12.4. The molecule has 6 nitrogen and oxygen atoms in total. The first kappa shape index (κ1) is 19.2. The van der Waals surface area contributed by atoms with Crippen molar-refractivity contribution in [2.45, 2.75) is 57.4 Å². The number of hydrogen-bond donors (Lipinski definition) is 2. The van der Waals surface area contributed by atoms with Crippen LogP contribution in [0.2, 0.25) is 0 Å². The zero-order valence-electron chi connectivity index (χ0n) is 16.5. The highest BCUT2D eigenvalue weighted by Crippen LogP contribution is 2.28. The second-order valence-corrected chi connectivity index (χ2v) is 8.33.